The SMILES string of the molecule is CC1(c2ccc(-c3c(Br)nc4n3-c3cccnc3Nc3ccccc3-4)cc2)CCC1.Cc1ccc(-c2nc3n(c2-c2ccc(C4(N)CCC4)cc2)-c2cccnc2Nc2ccccc2-3)cc1O.Cc1ccc(B(O)O)cc1O. The van der Waals surface area contributed by atoms with E-state index in [1.165, 1.54) is 42.9 Å². The number of anilines is 4. The second-order valence-electron chi connectivity index (χ2n) is 21.0. The molecular weight excluding hydrogens is 1040 g/mol. The Morgan fingerprint density at radius 3 is 1.59 bits per heavy atom. The van der Waals surface area contributed by atoms with E-state index in [1.807, 2.05) is 67.7 Å². The van der Waals surface area contributed by atoms with Gasteiger partial charge in [-0.1, -0.05) is 110 Å². The number of rotatable bonds is 6. The minimum Gasteiger partial charge on any atom is -0.508 e. The van der Waals surface area contributed by atoms with Crippen LogP contribution < -0.4 is 21.8 Å². The fraction of sp³-hybridized carbons (Fsp3) is 0.175. The molecule has 2 aliphatic heterocycles. The maximum absolute atomic E-state index is 10.6. The fourth-order valence-corrected chi connectivity index (χ4v) is 11.5. The van der Waals surface area contributed by atoms with E-state index in [9.17, 15) is 5.11 Å². The molecule has 0 amide bonds. The first kappa shape index (κ1) is 50.5. The highest BCUT2D eigenvalue weighted by Crippen LogP contribution is 2.48. The van der Waals surface area contributed by atoms with Gasteiger partial charge in [-0.05, 0) is 156 Å². The van der Waals surface area contributed by atoms with Crippen LogP contribution in [-0.2, 0) is 11.0 Å². The largest absolute Gasteiger partial charge is 0.508 e. The zero-order chi connectivity index (χ0) is 53.9. The highest BCUT2D eigenvalue weighted by molar-refractivity contribution is 9.10. The Morgan fingerprint density at radius 1 is 0.564 bits per heavy atom. The van der Waals surface area contributed by atoms with Crippen molar-refractivity contribution < 1.29 is 20.3 Å². The zero-order valence-corrected chi connectivity index (χ0v) is 45.0. The summed E-state index contributed by atoms with van der Waals surface area (Å²) in [4.78, 5) is 19.4. The molecule has 0 radical (unpaired) electrons. The van der Waals surface area contributed by atoms with Crippen LogP contribution in [0.25, 0.3) is 67.9 Å². The summed E-state index contributed by atoms with van der Waals surface area (Å²) in [6.45, 7) is 6.01. The fourth-order valence-electron chi connectivity index (χ4n) is 10.9. The first-order valence-electron chi connectivity index (χ1n) is 26.3. The molecule has 6 heterocycles. The number of phenols is 2. The number of para-hydroxylation sites is 2. The normalized spacial score (nSPS) is 14.6. The summed E-state index contributed by atoms with van der Waals surface area (Å²) in [5.74, 6) is 3.64. The molecule has 13 nitrogen and oxygen atoms in total. The van der Waals surface area contributed by atoms with Gasteiger partial charge in [-0.2, -0.15) is 0 Å². The third kappa shape index (κ3) is 9.11. The van der Waals surface area contributed by atoms with Crippen molar-refractivity contribution in [2.75, 3.05) is 10.6 Å². The van der Waals surface area contributed by atoms with E-state index in [4.69, 9.17) is 30.9 Å². The van der Waals surface area contributed by atoms with Gasteiger partial charge < -0.3 is 36.6 Å². The molecule has 388 valence electrons. The Hall–Kier alpha value is -8.34. The number of benzene rings is 6. The van der Waals surface area contributed by atoms with Gasteiger partial charge in [0.25, 0.3) is 0 Å². The van der Waals surface area contributed by atoms with Crippen LogP contribution >= 0.6 is 15.9 Å². The van der Waals surface area contributed by atoms with Crippen molar-refractivity contribution in [2.45, 2.75) is 70.3 Å². The lowest BCUT2D eigenvalue weighted by Crippen LogP contribution is -2.43. The lowest BCUT2D eigenvalue weighted by Gasteiger charge is -2.39. The molecule has 0 spiro atoms. The quantitative estimate of drug-likeness (QED) is 0.0784. The van der Waals surface area contributed by atoms with E-state index < -0.39 is 7.12 Å². The molecule has 2 saturated carbocycles. The van der Waals surface area contributed by atoms with Gasteiger partial charge in [0.1, 0.15) is 27.8 Å². The van der Waals surface area contributed by atoms with Crippen LogP contribution in [0.15, 0.2) is 175 Å². The van der Waals surface area contributed by atoms with Gasteiger partial charge in [-0.25, -0.2) is 19.9 Å². The van der Waals surface area contributed by atoms with Crippen molar-refractivity contribution in [2.24, 2.45) is 5.73 Å². The number of phenolic OH excluding ortho intramolecular Hbond substituents is 2. The number of nitrogens with two attached hydrogens (primary N) is 1. The van der Waals surface area contributed by atoms with Crippen LogP contribution in [0.2, 0.25) is 0 Å². The van der Waals surface area contributed by atoms with Gasteiger partial charge in [0.15, 0.2) is 11.6 Å². The standard InChI is InChI=1S/C31H27N5O.C25H21BrN4.C7H9BO3/c1-19-9-10-21(18-26(19)37)27-28(20-11-13-22(14-12-20)31(32)15-5-16-31)36-25-8-4-17-33-29(25)34-24-7-3-2-6-23(24)30(36)35-27;1-25(13-5-14-25)17-11-9-16(10-12-17)21-22(26)29-24-18-6-2-3-7-19(18)28-23-20(30(21)24)8-4-15-27-23;1-5-2-3-6(8(10)11)4-7(5)9/h2-4,6-14,17-18,37H,5,15-16,32H2,1H3,(H,33,34);2-4,6-12,15H,5,13-14H2,1H3,(H,27,28);2-4,9-11H,1H3. The number of nitrogens with one attached hydrogen (secondary N) is 2. The average molecular weight is 1090 g/mol. The van der Waals surface area contributed by atoms with Gasteiger partial charge in [0.2, 0.25) is 0 Å². The van der Waals surface area contributed by atoms with Crippen molar-refractivity contribution in [1.82, 2.24) is 29.1 Å². The molecule has 2 aliphatic carbocycles. The van der Waals surface area contributed by atoms with Crippen LogP contribution in [0.5, 0.6) is 11.5 Å². The summed E-state index contributed by atoms with van der Waals surface area (Å²) in [5, 5.41) is 44.1. The number of hydrogen-bond acceptors (Lipinski definition) is 11. The summed E-state index contributed by atoms with van der Waals surface area (Å²) >= 11 is 3.75. The molecule has 0 bridgehead atoms. The molecule has 14 rings (SSSR count). The maximum atomic E-state index is 10.6. The number of imidazole rings is 2. The predicted molar refractivity (Wildman–Crippen MR) is 314 cm³/mol. The zero-order valence-electron chi connectivity index (χ0n) is 43.4. The number of aromatic hydroxyl groups is 2. The Bertz CT molecular complexity index is 3910. The van der Waals surface area contributed by atoms with E-state index in [1.54, 1.807) is 31.3 Å². The summed E-state index contributed by atoms with van der Waals surface area (Å²) in [6.07, 6.45) is 10.7. The first-order chi connectivity index (χ1) is 37.8. The molecule has 8 N–H and O–H groups in total. The highest BCUT2D eigenvalue weighted by atomic mass is 79.9. The first-order valence-corrected chi connectivity index (χ1v) is 27.1. The Balaban J connectivity index is 0.000000133. The van der Waals surface area contributed by atoms with Crippen molar-refractivity contribution >= 4 is 51.5 Å². The Morgan fingerprint density at radius 2 is 1.06 bits per heavy atom. The van der Waals surface area contributed by atoms with Crippen LogP contribution in [0.1, 0.15) is 67.7 Å². The number of halogens is 1. The molecule has 6 aromatic carbocycles. The minimum atomic E-state index is -1.51. The third-order valence-corrected chi connectivity index (χ3v) is 16.5. The van der Waals surface area contributed by atoms with Crippen molar-refractivity contribution in [3.05, 3.63) is 197 Å². The number of pyridine rings is 2. The molecule has 4 aromatic heterocycles. The highest BCUT2D eigenvalue weighted by Gasteiger charge is 2.36. The van der Waals surface area contributed by atoms with E-state index in [0.717, 1.165) is 120 Å². The summed E-state index contributed by atoms with van der Waals surface area (Å²) in [7, 11) is -1.51. The second kappa shape index (κ2) is 20.2. The number of nitrogens with zero attached hydrogens (tertiary/aromatic N) is 6. The average Bonchev–Trinajstić information content (AvgIpc) is 4.17. The molecule has 15 heteroatoms. The van der Waals surface area contributed by atoms with E-state index in [2.05, 4.69) is 131 Å². The molecule has 4 aliphatic rings. The van der Waals surface area contributed by atoms with Crippen molar-refractivity contribution in [1.29, 1.82) is 0 Å². The van der Waals surface area contributed by atoms with Crippen LogP contribution in [0.3, 0.4) is 0 Å². The van der Waals surface area contributed by atoms with Gasteiger partial charge in [-0.15, -0.1) is 0 Å². The van der Waals surface area contributed by atoms with Crippen LogP contribution in [0.4, 0.5) is 23.0 Å². The minimum absolute atomic E-state index is 0.0793. The Labute approximate surface area is 461 Å². The Kier molecular flexibility index (Phi) is 13.1. The number of aryl methyl sites for hydroxylation is 2. The summed E-state index contributed by atoms with van der Waals surface area (Å²) < 4.78 is 5.24. The van der Waals surface area contributed by atoms with Crippen molar-refractivity contribution in [3.63, 3.8) is 0 Å². The predicted octanol–water partition coefficient (Wildman–Crippen LogP) is 12.9. The number of fused-ring (bicyclic) bond motifs is 10. The van der Waals surface area contributed by atoms with E-state index >= 15 is 0 Å². The van der Waals surface area contributed by atoms with Gasteiger partial charge in [0, 0.05) is 45.7 Å². The molecule has 0 unspecified atom stereocenters. The smallest absolute Gasteiger partial charge is 0.488 e. The third-order valence-electron chi connectivity index (χ3n) is 15.9. The maximum Gasteiger partial charge on any atom is 0.488 e. The monoisotopic (exact) mass is 1090 g/mol. The van der Waals surface area contributed by atoms with E-state index in [0.29, 0.717) is 10.9 Å². The number of hydrogen-bond donors (Lipinski definition) is 7. The summed E-state index contributed by atoms with van der Waals surface area (Å²) in [6, 6.07) is 52.3. The van der Waals surface area contributed by atoms with Gasteiger partial charge in [-0.3, -0.25) is 9.13 Å². The topological polar surface area (TPSA) is 192 Å². The molecule has 2 fully saturated rings. The van der Waals surface area contributed by atoms with Crippen molar-refractivity contribution in [3.8, 4) is 79.4 Å². The molecule has 78 heavy (non-hydrogen) atoms. The lowest BCUT2D eigenvalue weighted by atomic mass is 9.66. The summed E-state index contributed by atoms with van der Waals surface area (Å²) in [5.41, 5.74) is 22.9. The molecule has 0 atom stereocenters. The van der Waals surface area contributed by atoms with Gasteiger partial charge in [0.05, 0.1) is 39.8 Å². The van der Waals surface area contributed by atoms with Crippen LogP contribution in [0, 0.1) is 13.8 Å². The van der Waals surface area contributed by atoms with Crippen LogP contribution in [-0.4, -0.2) is 56.4 Å². The van der Waals surface area contributed by atoms with E-state index in [-0.39, 0.29) is 17.0 Å². The lowest BCUT2D eigenvalue weighted by molar-refractivity contribution is 0.253. The molecule has 0 saturated heterocycles. The number of aromatic nitrogens is 6. The molecular formula is C63H57BBrN9O4. The van der Waals surface area contributed by atoms with Gasteiger partial charge >= 0.3 is 7.12 Å². The molecule has 10 aromatic rings. The second-order valence-corrected chi connectivity index (χ2v) is 21.7.